The Balaban J connectivity index is 1.87. The third-order valence-electron chi connectivity index (χ3n) is 4.24. The highest BCUT2D eigenvalue weighted by Crippen LogP contribution is 2.36. The Labute approximate surface area is 129 Å². The van der Waals surface area contributed by atoms with Gasteiger partial charge < -0.3 is 9.31 Å². The number of hydrogen-bond donors (Lipinski definition) is 0. The zero-order chi connectivity index (χ0) is 15.3. The quantitative estimate of drug-likeness (QED) is 0.816. The molecule has 1 aliphatic rings. The number of aryl methyl sites for hydroxylation is 1. The van der Waals surface area contributed by atoms with Gasteiger partial charge >= 0.3 is 7.12 Å². The molecular weight excluding hydrogens is 285 g/mol. The maximum atomic E-state index is 6.03. The lowest BCUT2D eigenvalue weighted by molar-refractivity contribution is 0.00578. The molecule has 3 rings (SSSR count). The summed E-state index contributed by atoms with van der Waals surface area (Å²) in [5, 5.41) is 2.89. The molecule has 21 heavy (non-hydrogen) atoms. The molecule has 3 heterocycles. The van der Waals surface area contributed by atoms with Crippen LogP contribution in [0.2, 0.25) is 0 Å². The maximum absolute atomic E-state index is 6.03. The van der Waals surface area contributed by atoms with Crippen molar-refractivity contribution in [2.24, 2.45) is 0 Å². The number of thiazole rings is 1. The lowest BCUT2D eigenvalue weighted by Crippen LogP contribution is -2.41. The van der Waals surface area contributed by atoms with Gasteiger partial charge in [0.1, 0.15) is 5.82 Å². The molecule has 0 aromatic carbocycles. The van der Waals surface area contributed by atoms with E-state index in [4.69, 9.17) is 9.31 Å². The first-order valence-electron chi connectivity index (χ1n) is 7.18. The molecule has 0 bridgehead atoms. The van der Waals surface area contributed by atoms with Gasteiger partial charge in [-0.25, -0.2) is 9.97 Å². The van der Waals surface area contributed by atoms with Crippen LogP contribution in [-0.2, 0) is 15.7 Å². The Bertz CT molecular complexity index is 634. The lowest BCUT2D eigenvalue weighted by atomic mass is 9.86. The van der Waals surface area contributed by atoms with Crippen LogP contribution in [0.1, 0.15) is 40.4 Å². The summed E-state index contributed by atoms with van der Waals surface area (Å²) in [6.07, 6.45) is 4.61. The second-order valence-electron chi connectivity index (χ2n) is 6.21. The van der Waals surface area contributed by atoms with E-state index < -0.39 is 7.12 Å². The van der Waals surface area contributed by atoms with Crippen molar-refractivity contribution in [3.63, 3.8) is 0 Å². The van der Waals surface area contributed by atoms with Gasteiger partial charge in [-0.1, -0.05) is 6.92 Å². The molecule has 112 valence electrons. The molecule has 1 aliphatic heterocycles. The second-order valence-corrected chi connectivity index (χ2v) is 7.05. The zero-order valence-electron chi connectivity index (χ0n) is 13.1. The molecule has 0 spiro atoms. The molecule has 0 atom stereocenters. The first kappa shape index (κ1) is 14.7. The summed E-state index contributed by atoms with van der Waals surface area (Å²) in [4.78, 5) is 9.00. The summed E-state index contributed by atoms with van der Waals surface area (Å²) < 4.78 is 14.1. The molecule has 1 fully saturated rings. The molecule has 0 amide bonds. The standard InChI is InChI=1S/C14H20BN3O2S/c1-6-11-16-7-8-18(11)12-17-10(9-21-12)15-19-13(2,3)14(4,5)20-15/h7-9H,6H2,1-5H3. The van der Waals surface area contributed by atoms with Gasteiger partial charge in [0, 0.05) is 24.2 Å². The van der Waals surface area contributed by atoms with E-state index in [2.05, 4.69) is 16.9 Å². The minimum atomic E-state index is -0.409. The Kier molecular flexibility index (Phi) is 3.46. The van der Waals surface area contributed by atoms with Crippen molar-refractivity contribution >= 4 is 24.0 Å². The average molecular weight is 305 g/mol. The van der Waals surface area contributed by atoms with Crippen LogP contribution < -0.4 is 5.59 Å². The monoisotopic (exact) mass is 305 g/mol. The van der Waals surface area contributed by atoms with E-state index in [9.17, 15) is 0 Å². The number of aromatic nitrogens is 3. The Morgan fingerprint density at radius 3 is 2.52 bits per heavy atom. The third kappa shape index (κ3) is 2.43. The summed E-state index contributed by atoms with van der Waals surface area (Å²) in [5.74, 6) is 1.00. The van der Waals surface area contributed by atoms with Gasteiger partial charge in [0.25, 0.3) is 0 Å². The zero-order valence-corrected chi connectivity index (χ0v) is 13.9. The normalized spacial score (nSPS) is 20.1. The SMILES string of the molecule is CCc1nccn1-c1nc(B2OC(C)(C)C(C)(C)O2)cs1. The van der Waals surface area contributed by atoms with Gasteiger partial charge in [0.05, 0.1) is 16.8 Å². The van der Waals surface area contributed by atoms with Crippen LogP contribution >= 0.6 is 11.3 Å². The highest BCUT2D eigenvalue weighted by molar-refractivity contribution is 7.13. The Morgan fingerprint density at radius 1 is 1.24 bits per heavy atom. The molecule has 0 saturated carbocycles. The molecule has 0 unspecified atom stereocenters. The number of hydrogen-bond acceptors (Lipinski definition) is 5. The minimum absolute atomic E-state index is 0.342. The molecule has 0 aliphatic carbocycles. The molecule has 0 radical (unpaired) electrons. The van der Waals surface area contributed by atoms with Crippen molar-refractivity contribution in [2.45, 2.75) is 52.2 Å². The van der Waals surface area contributed by atoms with Crippen molar-refractivity contribution in [3.8, 4) is 5.13 Å². The minimum Gasteiger partial charge on any atom is -0.398 e. The number of imidazole rings is 1. The predicted octanol–water partition coefficient (Wildman–Crippen LogP) is 2.19. The fourth-order valence-electron chi connectivity index (χ4n) is 2.23. The van der Waals surface area contributed by atoms with E-state index in [-0.39, 0.29) is 11.2 Å². The number of nitrogens with zero attached hydrogens (tertiary/aromatic N) is 3. The van der Waals surface area contributed by atoms with Gasteiger partial charge in [-0.05, 0) is 27.7 Å². The fourth-order valence-corrected chi connectivity index (χ4v) is 3.06. The van der Waals surface area contributed by atoms with Gasteiger partial charge in [0.2, 0.25) is 0 Å². The van der Waals surface area contributed by atoms with Crippen molar-refractivity contribution in [1.29, 1.82) is 0 Å². The van der Waals surface area contributed by atoms with E-state index in [1.807, 2.05) is 43.8 Å². The first-order chi connectivity index (χ1) is 9.84. The summed E-state index contributed by atoms with van der Waals surface area (Å²) in [5.41, 5.74) is 0.139. The van der Waals surface area contributed by atoms with Gasteiger partial charge in [-0.2, -0.15) is 0 Å². The van der Waals surface area contributed by atoms with Crippen LogP contribution in [0.25, 0.3) is 5.13 Å². The van der Waals surface area contributed by atoms with Crippen molar-refractivity contribution < 1.29 is 9.31 Å². The smallest absolute Gasteiger partial charge is 0.398 e. The fraction of sp³-hybridized carbons (Fsp3) is 0.571. The van der Waals surface area contributed by atoms with Gasteiger partial charge in [-0.3, -0.25) is 4.57 Å². The molecular formula is C14H20BN3O2S. The molecule has 0 N–H and O–H groups in total. The van der Waals surface area contributed by atoms with Gasteiger partial charge in [-0.15, -0.1) is 11.3 Å². The Morgan fingerprint density at radius 2 is 1.90 bits per heavy atom. The van der Waals surface area contributed by atoms with E-state index >= 15 is 0 Å². The summed E-state index contributed by atoms with van der Waals surface area (Å²) in [7, 11) is -0.409. The van der Waals surface area contributed by atoms with Gasteiger partial charge in [0.15, 0.2) is 5.13 Å². The summed E-state index contributed by atoms with van der Waals surface area (Å²) in [6, 6.07) is 0. The molecule has 1 saturated heterocycles. The summed E-state index contributed by atoms with van der Waals surface area (Å²) in [6.45, 7) is 10.3. The predicted molar refractivity (Wildman–Crippen MR) is 84.3 cm³/mol. The van der Waals surface area contributed by atoms with E-state index in [1.54, 1.807) is 17.5 Å². The molecule has 5 nitrogen and oxygen atoms in total. The van der Waals surface area contributed by atoms with E-state index in [0.29, 0.717) is 0 Å². The second kappa shape index (κ2) is 4.93. The average Bonchev–Trinajstić information content (AvgIpc) is 3.08. The van der Waals surface area contributed by atoms with Crippen LogP contribution in [0, 0.1) is 0 Å². The molecule has 7 heteroatoms. The highest BCUT2D eigenvalue weighted by atomic mass is 32.1. The van der Waals surface area contributed by atoms with E-state index in [1.165, 1.54) is 0 Å². The van der Waals surface area contributed by atoms with Crippen LogP contribution in [0.15, 0.2) is 17.8 Å². The third-order valence-corrected chi connectivity index (χ3v) is 5.10. The van der Waals surface area contributed by atoms with Crippen LogP contribution in [0.4, 0.5) is 0 Å². The molecule has 2 aromatic rings. The van der Waals surface area contributed by atoms with Crippen LogP contribution in [0.5, 0.6) is 0 Å². The maximum Gasteiger partial charge on any atom is 0.515 e. The first-order valence-corrected chi connectivity index (χ1v) is 8.05. The van der Waals surface area contributed by atoms with E-state index in [0.717, 1.165) is 23.0 Å². The topological polar surface area (TPSA) is 49.2 Å². The Hall–Kier alpha value is -1.18. The summed E-state index contributed by atoms with van der Waals surface area (Å²) >= 11 is 1.58. The molecule has 2 aromatic heterocycles. The highest BCUT2D eigenvalue weighted by Gasteiger charge is 2.52. The lowest BCUT2D eigenvalue weighted by Gasteiger charge is -2.32. The van der Waals surface area contributed by atoms with Crippen LogP contribution in [-0.4, -0.2) is 32.9 Å². The van der Waals surface area contributed by atoms with Crippen molar-refractivity contribution in [2.75, 3.05) is 0 Å². The largest absolute Gasteiger partial charge is 0.515 e. The van der Waals surface area contributed by atoms with Crippen molar-refractivity contribution in [1.82, 2.24) is 14.5 Å². The van der Waals surface area contributed by atoms with Crippen LogP contribution in [0.3, 0.4) is 0 Å². The van der Waals surface area contributed by atoms with Crippen molar-refractivity contribution in [3.05, 3.63) is 23.6 Å². The number of rotatable bonds is 3.